The standard InChI is InChI=1S/C7H5BrN4/c8-6-4-2-1-3-5(6)7-9-11-12-10-7/h1-4,7H. The Bertz CT molecular complexity index is 335. The highest BCUT2D eigenvalue weighted by Gasteiger charge is 2.14. The van der Waals surface area contributed by atoms with Gasteiger partial charge >= 0.3 is 0 Å². The summed E-state index contributed by atoms with van der Waals surface area (Å²) in [5.74, 6) is 0. The molecule has 1 heterocycles. The van der Waals surface area contributed by atoms with Crippen LogP contribution < -0.4 is 0 Å². The number of hydrogen-bond acceptors (Lipinski definition) is 4. The third-order valence-electron chi connectivity index (χ3n) is 1.55. The van der Waals surface area contributed by atoms with Crippen molar-refractivity contribution in [1.82, 2.24) is 0 Å². The topological polar surface area (TPSA) is 49.4 Å². The zero-order valence-corrected chi connectivity index (χ0v) is 7.64. The first-order valence-corrected chi connectivity index (χ1v) is 4.21. The summed E-state index contributed by atoms with van der Waals surface area (Å²) < 4.78 is 0.981. The van der Waals surface area contributed by atoms with Crippen molar-refractivity contribution in [2.45, 2.75) is 6.17 Å². The highest BCUT2D eigenvalue weighted by atomic mass is 79.9. The van der Waals surface area contributed by atoms with Crippen LogP contribution >= 0.6 is 15.9 Å². The van der Waals surface area contributed by atoms with Gasteiger partial charge in [0.05, 0.1) is 0 Å². The molecule has 1 aliphatic heterocycles. The maximum atomic E-state index is 3.83. The maximum Gasteiger partial charge on any atom is 0.211 e. The summed E-state index contributed by atoms with van der Waals surface area (Å²) in [5, 5.41) is 14.5. The number of halogens is 1. The molecule has 0 unspecified atom stereocenters. The van der Waals surface area contributed by atoms with Gasteiger partial charge < -0.3 is 0 Å². The fraction of sp³-hybridized carbons (Fsp3) is 0.143. The van der Waals surface area contributed by atoms with E-state index in [0.717, 1.165) is 10.0 Å². The van der Waals surface area contributed by atoms with Crippen molar-refractivity contribution in [1.29, 1.82) is 0 Å². The first-order valence-electron chi connectivity index (χ1n) is 3.42. The second-order valence-corrected chi connectivity index (χ2v) is 3.16. The molecule has 0 saturated heterocycles. The second kappa shape index (κ2) is 3.10. The Morgan fingerprint density at radius 2 is 1.75 bits per heavy atom. The van der Waals surface area contributed by atoms with E-state index in [1.54, 1.807) is 0 Å². The van der Waals surface area contributed by atoms with Crippen LogP contribution in [-0.2, 0) is 0 Å². The van der Waals surface area contributed by atoms with Crippen LogP contribution in [0, 0.1) is 0 Å². The van der Waals surface area contributed by atoms with Crippen LogP contribution in [0.5, 0.6) is 0 Å². The fourth-order valence-electron chi connectivity index (χ4n) is 0.976. The minimum absolute atomic E-state index is 0.263. The molecule has 0 saturated carbocycles. The third-order valence-corrected chi connectivity index (χ3v) is 2.27. The Kier molecular flexibility index (Phi) is 1.95. The summed E-state index contributed by atoms with van der Waals surface area (Å²) >= 11 is 3.40. The molecule has 60 valence electrons. The van der Waals surface area contributed by atoms with E-state index in [2.05, 4.69) is 36.6 Å². The Balaban J connectivity index is 2.39. The Hall–Kier alpha value is -1.10. The summed E-state index contributed by atoms with van der Waals surface area (Å²) in [6.45, 7) is 0. The van der Waals surface area contributed by atoms with E-state index in [4.69, 9.17) is 0 Å². The van der Waals surface area contributed by atoms with Crippen molar-refractivity contribution in [2.24, 2.45) is 20.7 Å². The van der Waals surface area contributed by atoms with Gasteiger partial charge in [-0.05, 0) is 16.5 Å². The first kappa shape index (κ1) is 7.54. The molecule has 0 spiro atoms. The fourth-order valence-corrected chi connectivity index (χ4v) is 1.47. The Labute approximate surface area is 77.5 Å². The minimum atomic E-state index is -0.263. The van der Waals surface area contributed by atoms with Gasteiger partial charge in [-0.25, -0.2) is 0 Å². The molecular weight excluding hydrogens is 220 g/mol. The van der Waals surface area contributed by atoms with Crippen LogP contribution in [0.1, 0.15) is 11.7 Å². The molecule has 0 aromatic heterocycles. The molecule has 1 aromatic carbocycles. The van der Waals surface area contributed by atoms with E-state index in [0.29, 0.717) is 0 Å². The van der Waals surface area contributed by atoms with Crippen LogP contribution in [0.4, 0.5) is 0 Å². The van der Waals surface area contributed by atoms with Crippen molar-refractivity contribution >= 4 is 15.9 Å². The van der Waals surface area contributed by atoms with Crippen LogP contribution in [0.2, 0.25) is 0 Å². The van der Waals surface area contributed by atoms with Gasteiger partial charge in [-0.3, -0.25) is 0 Å². The average molecular weight is 225 g/mol. The SMILES string of the molecule is Brc1ccccc1C1N=NN=N1. The minimum Gasteiger partial charge on any atom is -0.133 e. The molecule has 0 amide bonds. The summed E-state index contributed by atoms with van der Waals surface area (Å²) in [6, 6.07) is 7.76. The summed E-state index contributed by atoms with van der Waals surface area (Å²) in [5.41, 5.74) is 0.988. The molecule has 2 rings (SSSR count). The van der Waals surface area contributed by atoms with Crippen molar-refractivity contribution in [3.8, 4) is 0 Å². The lowest BCUT2D eigenvalue weighted by molar-refractivity contribution is 0.761. The average Bonchev–Trinajstić information content (AvgIpc) is 2.57. The van der Waals surface area contributed by atoms with Crippen molar-refractivity contribution in [3.63, 3.8) is 0 Å². The molecule has 0 atom stereocenters. The molecule has 4 nitrogen and oxygen atoms in total. The molecule has 0 aliphatic carbocycles. The van der Waals surface area contributed by atoms with Crippen LogP contribution in [-0.4, -0.2) is 0 Å². The molecule has 1 aliphatic rings. The molecular formula is C7H5BrN4. The molecule has 0 N–H and O–H groups in total. The van der Waals surface area contributed by atoms with Gasteiger partial charge in [0.1, 0.15) is 0 Å². The quantitative estimate of drug-likeness (QED) is 0.704. The zero-order chi connectivity index (χ0) is 8.39. The van der Waals surface area contributed by atoms with Gasteiger partial charge in [0.2, 0.25) is 6.17 Å². The van der Waals surface area contributed by atoms with E-state index in [9.17, 15) is 0 Å². The van der Waals surface area contributed by atoms with Gasteiger partial charge in [-0.1, -0.05) is 34.1 Å². The summed E-state index contributed by atoms with van der Waals surface area (Å²) in [4.78, 5) is 0. The predicted molar refractivity (Wildman–Crippen MR) is 46.6 cm³/mol. The largest absolute Gasteiger partial charge is 0.211 e. The lowest BCUT2D eigenvalue weighted by Gasteiger charge is -2.02. The summed E-state index contributed by atoms with van der Waals surface area (Å²) in [7, 11) is 0. The van der Waals surface area contributed by atoms with Gasteiger partial charge in [0.15, 0.2) is 0 Å². The van der Waals surface area contributed by atoms with Crippen molar-refractivity contribution in [2.75, 3.05) is 0 Å². The number of rotatable bonds is 1. The van der Waals surface area contributed by atoms with Gasteiger partial charge in [-0.15, -0.1) is 10.2 Å². The normalized spacial score (nSPS) is 15.8. The van der Waals surface area contributed by atoms with Gasteiger partial charge in [-0.2, -0.15) is 0 Å². The van der Waals surface area contributed by atoms with E-state index in [1.807, 2.05) is 24.3 Å². The lowest BCUT2D eigenvalue weighted by atomic mass is 10.2. The van der Waals surface area contributed by atoms with Gasteiger partial charge in [0.25, 0.3) is 0 Å². The van der Waals surface area contributed by atoms with E-state index in [-0.39, 0.29) is 6.17 Å². The van der Waals surface area contributed by atoms with E-state index in [1.165, 1.54) is 0 Å². The lowest BCUT2D eigenvalue weighted by Crippen LogP contribution is -1.88. The third kappa shape index (κ3) is 1.27. The van der Waals surface area contributed by atoms with Crippen LogP contribution in [0.15, 0.2) is 49.4 Å². The Morgan fingerprint density at radius 1 is 1.08 bits per heavy atom. The zero-order valence-electron chi connectivity index (χ0n) is 6.05. The smallest absolute Gasteiger partial charge is 0.133 e. The number of hydrogen-bond donors (Lipinski definition) is 0. The Morgan fingerprint density at radius 3 is 2.42 bits per heavy atom. The second-order valence-electron chi connectivity index (χ2n) is 2.31. The number of nitrogens with zero attached hydrogens (tertiary/aromatic N) is 4. The van der Waals surface area contributed by atoms with Crippen LogP contribution in [0.25, 0.3) is 0 Å². The highest BCUT2D eigenvalue weighted by molar-refractivity contribution is 9.10. The molecule has 0 fully saturated rings. The van der Waals surface area contributed by atoms with E-state index >= 15 is 0 Å². The van der Waals surface area contributed by atoms with E-state index < -0.39 is 0 Å². The maximum absolute atomic E-state index is 3.83. The summed E-state index contributed by atoms with van der Waals surface area (Å²) in [6.07, 6.45) is -0.263. The van der Waals surface area contributed by atoms with Crippen LogP contribution in [0.3, 0.4) is 0 Å². The van der Waals surface area contributed by atoms with Crippen molar-refractivity contribution in [3.05, 3.63) is 34.3 Å². The molecule has 0 bridgehead atoms. The molecule has 0 radical (unpaired) electrons. The highest BCUT2D eigenvalue weighted by Crippen LogP contribution is 2.29. The van der Waals surface area contributed by atoms with Gasteiger partial charge in [0, 0.05) is 10.0 Å². The number of benzene rings is 1. The molecule has 12 heavy (non-hydrogen) atoms. The monoisotopic (exact) mass is 224 g/mol. The molecule has 5 heteroatoms. The van der Waals surface area contributed by atoms with Crippen molar-refractivity contribution < 1.29 is 0 Å². The molecule has 1 aromatic rings. The first-order chi connectivity index (χ1) is 5.88. The predicted octanol–water partition coefficient (Wildman–Crippen LogP) is 3.28.